The highest BCUT2D eigenvalue weighted by molar-refractivity contribution is 7.22. The maximum atomic E-state index is 16.7. The van der Waals surface area contributed by atoms with Crippen LogP contribution in [0, 0.1) is 11.6 Å². The summed E-state index contributed by atoms with van der Waals surface area (Å²) in [7, 11) is 0. The molecule has 3 atom stereocenters. The van der Waals surface area contributed by atoms with Crippen molar-refractivity contribution < 1.29 is 22.3 Å². The fourth-order valence-corrected chi connectivity index (χ4v) is 8.72. The van der Waals surface area contributed by atoms with Gasteiger partial charge in [-0.15, -0.1) is 0 Å². The van der Waals surface area contributed by atoms with Gasteiger partial charge in [-0.3, -0.25) is 4.90 Å². The quantitative estimate of drug-likeness (QED) is 0.274. The van der Waals surface area contributed by atoms with E-state index < -0.39 is 23.1 Å². The molecule has 0 radical (unpaired) electrons. The predicted molar refractivity (Wildman–Crippen MR) is 158 cm³/mol. The molecular weight excluding hydrogens is 606 g/mol. The Morgan fingerprint density at radius 2 is 1.91 bits per heavy atom. The second kappa shape index (κ2) is 9.75. The average Bonchev–Trinajstić information content (AvgIpc) is 3.66. The van der Waals surface area contributed by atoms with Crippen LogP contribution in [0.2, 0.25) is 5.02 Å². The highest BCUT2D eigenvalue weighted by atomic mass is 35.5. The molecule has 4 fully saturated rings. The minimum atomic E-state index is -2.80. The molecule has 43 heavy (non-hydrogen) atoms. The van der Waals surface area contributed by atoms with Crippen molar-refractivity contribution in [3.63, 3.8) is 0 Å². The van der Waals surface area contributed by atoms with E-state index in [-0.39, 0.29) is 74.7 Å². The third-order valence-electron chi connectivity index (χ3n) is 9.47. The van der Waals surface area contributed by atoms with Gasteiger partial charge < -0.3 is 20.7 Å². The van der Waals surface area contributed by atoms with E-state index >= 15 is 4.39 Å². The van der Waals surface area contributed by atoms with Crippen molar-refractivity contribution in [3.8, 4) is 17.1 Å². The number of fused-ring (bicyclic) bond motifs is 5. The molecule has 6 heterocycles. The number of thiazole rings is 1. The first-order valence-electron chi connectivity index (χ1n) is 14.4. The van der Waals surface area contributed by atoms with Gasteiger partial charge in [0.1, 0.15) is 23.8 Å². The van der Waals surface area contributed by atoms with E-state index in [9.17, 15) is 13.2 Å². The van der Waals surface area contributed by atoms with E-state index in [1.165, 1.54) is 12.1 Å². The van der Waals surface area contributed by atoms with Crippen molar-refractivity contribution in [2.75, 3.05) is 43.4 Å². The first kappa shape index (κ1) is 27.5. The third-order valence-corrected chi connectivity index (χ3v) is 10.7. The van der Waals surface area contributed by atoms with Gasteiger partial charge in [0.25, 0.3) is 5.92 Å². The van der Waals surface area contributed by atoms with Crippen LogP contribution in [0.4, 0.5) is 28.5 Å². The molecule has 0 aliphatic carbocycles. The Labute approximate surface area is 253 Å². The molecular formula is C29H28ClF4N7OS. The zero-order chi connectivity index (χ0) is 29.7. The molecule has 4 aliphatic rings. The summed E-state index contributed by atoms with van der Waals surface area (Å²) in [5, 5.41) is 4.10. The van der Waals surface area contributed by atoms with E-state index in [4.69, 9.17) is 27.1 Å². The molecule has 4 saturated heterocycles. The molecule has 2 bridgehead atoms. The summed E-state index contributed by atoms with van der Waals surface area (Å²) in [6.07, 6.45) is 2.97. The fourth-order valence-electron chi connectivity index (χ4n) is 7.66. The lowest BCUT2D eigenvalue weighted by atomic mass is 9.94. The van der Waals surface area contributed by atoms with Crippen LogP contribution < -0.4 is 20.7 Å². The lowest BCUT2D eigenvalue weighted by molar-refractivity contribution is 0.00803. The Morgan fingerprint density at radius 1 is 1.12 bits per heavy atom. The zero-order valence-corrected chi connectivity index (χ0v) is 24.5. The molecule has 3 unspecified atom stereocenters. The number of rotatable bonds is 5. The standard InChI is InChI=1S/C29H28ClF4N7OS/c30-18-8-17-22(21(32)20(18)16-4-5-19(31)24-23(16)37-26(35)43-24)38-27(39-25(17)41-14-2-3-15(41)10-36-9-14)42-13-28-6-1-7-40(28)12-29(33,34)11-28/h4-5,8,14-15,36H,1-3,6-7,9-13H2,(H2,35,37). The number of alkyl halides is 2. The molecule has 4 aromatic rings. The molecule has 4 aliphatic heterocycles. The maximum Gasteiger partial charge on any atom is 0.319 e. The van der Waals surface area contributed by atoms with Crippen LogP contribution in [0.5, 0.6) is 6.01 Å². The Morgan fingerprint density at radius 3 is 2.70 bits per heavy atom. The number of nitrogens with one attached hydrogen (secondary N) is 1. The molecule has 0 spiro atoms. The topological polar surface area (TPSA) is 92.4 Å². The number of ether oxygens (including phenoxy) is 1. The largest absolute Gasteiger partial charge is 0.461 e. The Hall–Kier alpha value is -3.00. The molecule has 0 amide bonds. The van der Waals surface area contributed by atoms with Gasteiger partial charge in [0, 0.05) is 48.1 Å². The number of nitrogens with two attached hydrogens (primary N) is 1. The molecule has 2 aromatic carbocycles. The molecule has 8 rings (SSSR count). The number of halogens is 5. The van der Waals surface area contributed by atoms with Crippen molar-refractivity contribution in [2.24, 2.45) is 0 Å². The minimum absolute atomic E-state index is 0.0133. The Bertz CT molecular complexity index is 1770. The number of nitrogens with zero attached hydrogens (tertiary/aromatic N) is 5. The summed E-state index contributed by atoms with van der Waals surface area (Å²) in [5.74, 6) is -3.54. The molecule has 8 nitrogen and oxygen atoms in total. The number of aromatic nitrogens is 3. The summed E-state index contributed by atoms with van der Waals surface area (Å²) in [6, 6.07) is 4.49. The summed E-state index contributed by atoms with van der Waals surface area (Å²) in [5.41, 5.74) is 5.55. The summed E-state index contributed by atoms with van der Waals surface area (Å²) >= 11 is 7.75. The number of piperazine rings is 1. The first-order chi connectivity index (χ1) is 20.6. The lowest BCUT2D eigenvalue weighted by Crippen LogP contribution is -2.52. The number of benzene rings is 2. The monoisotopic (exact) mass is 633 g/mol. The number of nitrogen functional groups attached to an aromatic ring is 1. The van der Waals surface area contributed by atoms with E-state index in [1.54, 1.807) is 11.0 Å². The number of hydrogen-bond donors (Lipinski definition) is 2. The second-order valence-corrected chi connectivity index (χ2v) is 13.6. The van der Waals surface area contributed by atoms with Crippen molar-refractivity contribution in [2.45, 2.75) is 55.6 Å². The molecule has 14 heteroatoms. The van der Waals surface area contributed by atoms with Gasteiger partial charge >= 0.3 is 6.01 Å². The van der Waals surface area contributed by atoms with Crippen molar-refractivity contribution >= 4 is 55.0 Å². The van der Waals surface area contributed by atoms with Crippen molar-refractivity contribution in [1.82, 2.24) is 25.2 Å². The summed E-state index contributed by atoms with van der Waals surface area (Å²) in [4.78, 5) is 17.5. The van der Waals surface area contributed by atoms with Gasteiger partial charge in [-0.25, -0.2) is 22.5 Å². The SMILES string of the molecule is Nc1nc2c(-c3c(Cl)cc4c(N5C6CCC5CNC6)nc(OCC56CCCN5CC(F)(F)C6)nc4c3F)ccc(F)c2s1. The normalized spacial score (nSPS) is 26.6. The molecule has 2 aromatic heterocycles. The highest BCUT2D eigenvalue weighted by Gasteiger charge is 2.57. The van der Waals surface area contributed by atoms with E-state index in [0.717, 1.165) is 43.7 Å². The summed E-state index contributed by atoms with van der Waals surface area (Å²) in [6.45, 7) is 1.75. The van der Waals surface area contributed by atoms with E-state index in [2.05, 4.69) is 20.2 Å². The van der Waals surface area contributed by atoms with Crippen LogP contribution in [0.15, 0.2) is 18.2 Å². The van der Waals surface area contributed by atoms with Gasteiger partial charge in [0.15, 0.2) is 10.9 Å². The van der Waals surface area contributed by atoms with Crippen LogP contribution >= 0.6 is 22.9 Å². The van der Waals surface area contributed by atoms with Crippen LogP contribution in [-0.2, 0) is 0 Å². The van der Waals surface area contributed by atoms with E-state index in [1.807, 2.05) is 0 Å². The van der Waals surface area contributed by atoms with Gasteiger partial charge in [-0.05, 0) is 50.4 Å². The van der Waals surface area contributed by atoms with Crippen LogP contribution in [0.1, 0.15) is 32.1 Å². The van der Waals surface area contributed by atoms with Crippen LogP contribution in [-0.4, -0.2) is 76.2 Å². The minimum Gasteiger partial charge on any atom is -0.461 e. The Kier molecular flexibility index (Phi) is 6.24. The highest BCUT2D eigenvalue weighted by Crippen LogP contribution is 2.47. The molecule has 0 saturated carbocycles. The zero-order valence-electron chi connectivity index (χ0n) is 23.0. The van der Waals surface area contributed by atoms with Crippen molar-refractivity contribution in [3.05, 3.63) is 34.9 Å². The Balaban J connectivity index is 1.28. The maximum absolute atomic E-state index is 16.7. The average molecular weight is 634 g/mol. The number of anilines is 2. The van der Waals surface area contributed by atoms with Crippen molar-refractivity contribution in [1.29, 1.82) is 0 Å². The van der Waals surface area contributed by atoms with Gasteiger partial charge in [0.2, 0.25) is 0 Å². The van der Waals surface area contributed by atoms with Gasteiger partial charge in [-0.2, -0.15) is 9.97 Å². The second-order valence-electron chi connectivity index (χ2n) is 12.1. The smallest absolute Gasteiger partial charge is 0.319 e. The van der Waals surface area contributed by atoms with E-state index in [0.29, 0.717) is 24.2 Å². The van der Waals surface area contributed by atoms with Gasteiger partial charge in [-0.1, -0.05) is 22.9 Å². The fraction of sp³-hybridized carbons (Fsp3) is 0.483. The third kappa shape index (κ3) is 4.33. The van der Waals surface area contributed by atoms with Gasteiger partial charge in [0.05, 0.1) is 27.3 Å². The molecule has 226 valence electrons. The number of hydrogen-bond acceptors (Lipinski definition) is 9. The van der Waals surface area contributed by atoms with Crippen LogP contribution in [0.25, 0.3) is 32.2 Å². The molecule has 3 N–H and O–H groups in total. The first-order valence-corrected chi connectivity index (χ1v) is 15.6. The lowest BCUT2D eigenvalue weighted by Gasteiger charge is -2.37. The van der Waals surface area contributed by atoms with Crippen LogP contribution in [0.3, 0.4) is 0 Å². The summed E-state index contributed by atoms with van der Waals surface area (Å²) < 4.78 is 66.5. The predicted octanol–water partition coefficient (Wildman–Crippen LogP) is 5.61.